The Bertz CT molecular complexity index is 1730. The molecule has 14 heteroatoms. The molecule has 4 saturated heterocycles. The van der Waals surface area contributed by atoms with Gasteiger partial charge < -0.3 is 62.7 Å². The second kappa shape index (κ2) is 19.7. The van der Waals surface area contributed by atoms with Gasteiger partial charge in [-0.25, -0.2) is 0 Å². The highest BCUT2D eigenvalue weighted by Crippen LogP contribution is 2.47. The zero-order chi connectivity index (χ0) is 44.7. The average Bonchev–Trinajstić information content (AvgIpc) is 3.58. The van der Waals surface area contributed by atoms with Crippen LogP contribution in [0.5, 0.6) is 0 Å². The molecule has 14 nitrogen and oxygen atoms in total. The van der Waals surface area contributed by atoms with Gasteiger partial charge in [-0.2, -0.15) is 0 Å². The van der Waals surface area contributed by atoms with E-state index in [-0.39, 0.29) is 42.7 Å². The number of fused-ring (bicyclic) bond motifs is 2. The van der Waals surface area contributed by atoms with Crippen LogP contribution in [0, 0.1) is 23.7 Å². The third-order valence-corrected chi connectivity index (χ3v) is 14.5. The second-order valence-electron chi connectivity index (χ2n) is 19.0. The highest BCUT2D eigenvalue weighted by atomic mass is 16.7. The van der Waals surface area contributed by atoms with Crippen LogP contribution in [0.4, 0.5) is 0 Å². The predicted octanol–water partition coefficient (Wildman–Crippen LogP) is 5.38. The van der Waals surface area contributed by atoms with Gasteiger partial charge in [0.25, 0.3) is 0 Å². The lowest BCUT2D eigenvalue weighted by atomic mass is 9.71. The van der Waals surface area contributed by atoms with Crippen molar-refractivity contribution >= 4 is 5.97 Å². The molecule has 7 aliphatic rings. The van der Waals surface area contributed by atoms with Gasteiger partial charge in [0.2, 0.25) is 0 Å². The van der Waals surface area contributed by atoms with Crippen molar-refractivity contribution in [3.05, 3.63) is 59.3 Å². The zero-order valence-electron chi connectivity index (χ0n) is 38.2. The molecule has 0 aromatic rings. The molecule has 0 aromatic heterocycles. The zero-order valence-corrected chi connectivity index (χ0v) is 38.2. The minimum atomic E-state index is -1.84. The van der Waals surface area contributed by atoms with Crippen molar-refractivity contribution in [1.29, 1.82) is 0 Å². The molecule has 1 unspecified atom stereocenters. The van der Waals surface area contributed by atoms with Gasteiger partial charge in [-0.05, 0) is 62.8 Å². The average molecular weight is 873 g/mol. The van der Waals surface area contributed by atoms with Gasteiger partial charge in [0.1, 0.15) is 42.0 Å². The normalized spacial score (nSPS) is 47.8. The number of carbonyl (C=O) groups excluding carboxylic acids is 1. The van der Waals surface area contributed by atoms with Gasteiger partial charge in [0.15, 0.2) is 18.4 Å². The fraction of sp³-hybridized carbons (Fsp3) is 0.771. The van der Waals surface area contributed by atoms with E-state index in [1.54, 1.807) is 40.2 Å². The van der Waals surface area contributed by atoms with E-state index in [4.69, 9.17) is 47.4 Å². The summed E-state index contributed by atoms with van der Waals surface area (Å²) in [6, 6.07) is 0. The standard InChI is InChI=1S/C48H72O14/c1-11-25(2)43-28(5)17-18-47(62-43)23-34-20-33(61-47)16-15-27(4)42(26(3)13-12-14-32-24-55-45-40(49)29(6)19-35(46(51)58-34)48(32,45)52)59-39-22-37(54-10)44(31(8)57-39)60-38-21-36(53-9)41(50)30(7)56-38/h12-15,17-19,25-26,28,30-31,33-45,49-50,52H,11,16,20-24H2,1-10H3/b13-12?,27-15+,32-14?/t25?,26-,28-,30-,31-,33+,34-,35-,36-,37-,38-,39-,40+,41-,42-,43+,44-,45+,47+,48+/m0/s1. The van der Waals surface area contributed by atoms with E-state index in [2.05, 4.69) is 39.8 Å². The van der Waals surface area contributed by atoms with Crippen LogP contribution in [0.15, 0.2) is 59.3 Å². The van der Waals surface area contributed by atoms with Crippen LogP contribution in [0.1, 0.15) is 93.9 Å². The topological polar surface area (TPSA) is 170 Å². The number of aliphatic hydroxyl groups is 3. The van der Waals surface area contributed by atoms with Crippen LogP contribution in [0.3, 0.4) is 0 Å². The number of hydrogen-bond acceptors (Lipinski definition) is 14. The smallest absolute Gasteiger partial charge is 0.316 e. The molecule has 7 rings (SSSR count). The van der Waals surface area contributed by atoms with Crippen LogP contribution < -0.4 is 0 Å². The summed E-state index contributed by atoms with van der Waals surface area (Å²) < 4.78 is 63.7. The molecule has 0 radical (unpaired) electrons. The minimum Gasteiger partial charge on any atom is -0.462 e. The van der Waals surface area contributed by atoms with Crippen molar-refractivity contribution in [2.45, 2.75) is 191 Å². The quantitative estimate of drug-likeness (QED) is 0.210. The number of carbonyl (C=O) groups is 1. The molecule has 0 amide bonds. The van der Waals surface area contributed by atoms with E-state index in [1.807, 2.05) is 32.1 Å². The summed E-state index contributed by atoms with van der Waals surface area (Å²) in [5.74, 6) is -2.56. The number of hydrogen-bond donors (Lipinski definition) is 3. The van der Waals surface area contributed by atoms with Crippen molar-refractivity contribution in [1.82, 2.24) is 0 Å². The predicted molar refractivity (Wildman–Crippen MR) is 227 cm³/mol. The Labute approximate surface area is 367 Å². The fourth-order valence-electron chi connectivity index (χ4n) is 10.6. The summed E-state index contributed by atoms with van der Waals surface area (Å²) in [5.41, 5.74) is 0.134. The van der Waals surface area contributed by atoms with Crippen LogP contribution in [0.25, 0.3) is 0 Å². The van der Waals surface area contributed by atoms with Crippen LogP contribution in [0.2, 0.25) is 0 Å². The first-order chi connectivity index (χ1) is 29.5. The first kappa shape index (κ1) is 47.6. The Hall–Kier alpha value is -2.31. The van der Waals surface area contributed by atoms with Crippen molar-refractivity contribution in [2.75, 3.05) is 20.8 Å². The van der Waals surface area contributed by atoms with Crippen molar-refractivity contribution in [3.8, 4) is 0 Å². The number of ether oxygens (including phenoxy) is 10. The van der Waals surface area contributed by atoms with E-state index >= 15 is 0 Å². The van der Waals surface area contributed by atoms with E-state index in [0.29, 0.717) is 43.3 Å². The highest BCUT2D eigenvalue weighted by Gasteiger charge is 2.60. The Balaban J connectivity index is 1.18. The summed E-state index contributed by atoms with van der Waals surface area (Å²) in [7, 11) is 3.22. The Kier molecular flexibility index (Phi) is 15.1. The molecule has 1 aliphatic carbocycles. The second-order valence-corrected chi connectivity index (χ2v) is 19.0. The first-order valence-electron chi connectivity index (χ1n) is 22.9. The third-order valence-electron chi connectivity index (χ3n) is 14.5. The van der Waals surface area contributed by atoms with Crippen molar-refractivity contribution in [2.24, 2.45) is 23.7 Å². The lowest BCUT2D eigenvalue weighted by Gasteiger charge is -2.48. The van der Waals surface area contributed by atoms with E-state index in [9.17, 15) is 20.1 Å². The molecule has 348 valence electrons. The maximum absolute atomic E-state index is 14.3. The van der Waals surface area contributed by atoms with E-state index < -0.39 is 90.8 Å². The van der Waals surface area contributed by atoms with E-state index in [0.717, 1.165) is 12.0 Å². The first-order valence-corrected chi connectivity index (χ1v) is 22.9. The summed E-state index contributed by atoms with van der Waals surface area (Å²) in [4.78, 5) is 14.3. The molecule has 6 heterocycles. The SMILES string of the molecule is CCC(C)[C@H]1O[C@]2(C=C[C@@H]1C)C[C@@H]1C[C@@H](C/C=C(\C)[C@@H](O[C@H]3C[C@H](OC)[C@@H](O[C@H]4C[C@H](OC)[C@@H](O)[C@H](C)O4)[C@H](C)O3)[C@@H](C)C=CC=C3CO[C@@H]4[C@H](O)C(C)=C[C@@H](C(=O)O1)[C@]34O)O2. The minimum absolute atomic E-state index is 0.0317. The summed E-state index contributed by atoms with van der Waals surface area (Å²) in [6.45, 7) is 16.1. The van der Waals surface area contributed by atoms with Gasteiger partial charge >= 0.3 is 5.97 Å². The van der Waals surface area contributed by atoms with Gasteiger partial charge in [0.05, 0.1) is 49.3 Å². The number of methoxy groups -OCH3 is 2. The Morgan fingerprint density at radius 3 is 2.32 bits per heavy atom. The third kappa shape index (κ3) is 9.64. The largest absolute Gasteiger partial charge is 0.462 e. The lowest BCUT2D eigenvalue weighted by Crippen LogP contribution is -2.58. The summed E-state index contributed by atoms with van der Waals surface area (Å²) in [6.07, 6.45) is 8.55. The number of allylic oxidation sites excluding steroid dienone is 2. The maximum Gasteiger partial charge on any atom is 0.316 e. The van der Waals surface area contributed by atoms with Gasteiger partial charge in [-0.3, -0.25) is 4.79 Å². The molecule has 0 saturated carbocycles. The summed E-state index contributed by atoms with van der Waals surface area (Å²) >= 11 is 0. The molecular formula is C48H72O14. The maximum atomic E-state index is 14.3. The lowest BCUT2D eigenvalue weighted by molar-refractivity contribution is -0.318. The molecular weight excluding hydrogens is 801 g/mol. The molecule has 4 fully saturated rings. The van der Waals surface area contributed by atoms with Crippen molar-refractivity contribution < 1.29 is 67.5 Å². The molecule has 62 heavy (non-hydrogen) atoms. The van der Waals surface area contributed by atoms with Gasteiger partial charge in [-0.1, -0.05) is 70.6 Å². The van der Waals surface area contributed by atoms with Crippen molar-refractivity contribution in [3.63, 3.8) is 0 Å². The number of esters is 1. The number of aliphatic hydroxyl groups excluding tert-OH is 2. The van der Waals surface area contributed by atoms with Crippen LogP contribution >= 0.6 is 0 Å². The Morgan fingerprint density at radius 1 is 0.887 bits per heavy atom. The van der Waals surface area contributed by atoms with E-state index in [1.165, 1.54) is 0 Å². The molecule has 20 atom stereocenters. The molecule has 0 aromatic carbocycles. The molecule has 1 spiro atoms. The molecule has 3 N–H and O–H groups in total. The molecule has 2 bridgehead atoms. The van der Waals surface area contributed by atoms with Gasteiger partial charge in [0, 0.05) is 51.7 Å². The Morgan fingerprint density at radius 2 is 1.60 bits per heavy atom. The fourth-order valence-corrected chi connectivity index (χ4v) is 10.6. The van der Waals surface area contributed by atoms with Crippen LogP contribution in [-0.4, -0.2) is 139 Å². The summed E-state index contributed by atoms with van der Waals surface area (Å²) in [5, 5.41) is 34.2. The monoisotopic (exact) mass is 872 g/mol. The number of rotatable bonds is 8. The highest BCUT2D eigenvalue weighted by molar-refractivity contribution is 5.78. The van der Waals surface area contributed by atoms with Crippen LogP contribution in [-0.2, 0) is 52.2 Å². The van der Waals surface area contributed by atoms with Gasteiger partial charge in [-0.15, -0.1) is 0 Å². The molecule has 6 aliphatic heterocycles.